The third-order valence-corrected chi connectivity index (χ3v) is 6.35. The van der Waals surface area contributed by atoms with E-state index in [2.05, 4.69) is 56.1 Å². The van der Waals surface area contributed by atoms with Crippen LogP contribution >= 0.6 is 11.8 Å². The summed E-state index contributed by atoms with van der Waals surface area (Å²) in [4.78, 5) is 21.0. The van der Waals surface area contributed by atoms with Gasteiger partial charge in [-0.05, 0) is 54.3 Å². The van der Waals surface area contributed by atoms with E-state index >= 15 is 0 Å². The summed E-state index contributed by atoms with van der Waals surface area (Å²) in [6.07, 6.45) is 5.60. The van der Waals surface area contributed by atoms with Crippen LogP contribution in [0.3, 0.4) is 0 Å². The fourth-order valence-corrected chi connectivity index (χ4v) is 4.25. The van der Waals surface area contributed by atoms with Crippen LogP contribution in [-0.4, -0.2) is 52.9 Å². The van der Waals surface area contributed by atoms with Crippen LogP contribution in [0.4, 0.5) is 11.4 Å². The van der Waals surface area contributed by atoms with E-state index < -0.39 is 0 Å². The minimum atomic E-state index is -0.243. The quantitative estimate of drug-likeness (QED) is 0.457. The predicted octanol–water partition coefficient (Wildman–Crippen LogP) is 3.78. The molecule has 0 spiro atoms. The fourth-order valence-electron chi connectivity index (χ4n) is 3.84. The second-order valence-corrected chi connectivity index (χ2v) is 8.49. The number of aromatic nitrogens is 3. The van der Waals surface area contributed by atoms with Gasteiger partial charge < -0.3 is 15.5 Å². The van der Waals surface area contributed by atoms with E-state index in [1.807, 2.05) is 24.3 Å². The van der Waals surface area contributed by atoms with Crippen molar-refractivity contribution in [2.75, 3.05) is 42.7 Å². The number of carbonyl (C=O) groups excluding carboxylic acids is 1. The first-order valence-corrected chi connectivity index (χ1v) is 11.8. The highest BCUT2D eigenvalue weighted by Crippen LogP contribution is 2.26. The Morgan fingerprint density at radius 3 is 2.50 bits per heavy atom. The molecule has 5 rings (SSSR count). The minimum Gasteiger partial charge on any atom is -0.369 e. The maximum atomic E-state index is 12.9. The van der Waals surface area contributed by atoms with Crippen LogP contribution in [0.25, 0.3) is 16.8 Å². The molecule has 2 N–H and O–H groups in total. The molecule has 0 aliphatic carbocycles. The number of thioether (sulfide) groups is 1. The number of benzene rings is 2. The lowest BCUT2D eigenvalue weighted by atomic mass is 10.1. The van der Waals surface area contributed by atoms with E-state index in [0.717, 1.165) is 43.0 Å². The van der Waals surface area contributed by atoms with Crippen LogP contribution in [-0.2, 0) is 0 Å². The number of carbonyl (C=O) groups is 1. The summed E-state index contributed by atoms with van der Waals surface area (Å²) in [7, 11) is 0. The molecule has 0 saturated carbocycles. The molecule has 8 heteroatoms. The molecule has 1 aliphatic heterocycles. The minimum absolute atomic E-state index is 0.243. The third-order valence-electron chi connectivity index (χ3n) is 5.61. The molecule has 7 nitrogen and oxygen atoms in total. The van der Waals surface area contributed by atoms with Gasteiger partial charge in [0.05, 0.1) is 6.20 Å². The molecule has 2 aromatic heterocycles. The summed E-state index contributed by atoms with van der Waals surface area (Å²) in [5.74, 6) is -0.243. The first-order chi connectivity index (χ1) is 15.7. The number of rotatable bonds is 5. The first-order valence-electron chi connectivity index (χ1n) is 10.6. The second-order valence-electron chi connectivity index (χ2n) is 7.61. The molecular formula is C24H24N6OS. The Hall–Kier alpha value is -3.36. The van der Waals surface area contributed by atoms with Crippen molar-refractivity contribution in [2.24, 2.45) is 0 Å². The van der Waals surface area contributed by atoms with Gasteiger partial charge in [0.25, 0.3) is 5.91 Å². The lowest BCUT2D eigenvalue weighted by Gasteiger charge is -2.29. The Kier molecular flexibility index (Phi) is 5.79. The van der Waals surface area contributed by atoms with E-state index in [1.54, 1.807) is 34.7 Å². The average Bonchev–Trinajstić information content (AvgIpc) is 3.28. The molecule has 0 radical (unpaired) electrons. The smallest absolute Gasteiger partial charge is 0.274 e. The number of fused-ring (bicyclic) bond motifs is 1. The molecule has 0 bridgehead atoms. The number of nitrogens with zero attached hydrogens (tertiary/aromatic N) is 4. The summed E-state index contributed by atoms with van der Waals surface area (Å²) < 4.78 is 1.69. The maximum Gasteiger partial charge on any atom is 0.274 e. The van der Waals surface area contributed by atoms with Crippen molar-refractivity contribution in [2.45, 2.75) is 4.90 Å². The van der Waals surface area contributed by atoms with Gasteiger partial charge >= 0.3 is 0 Å². The van der Waals surface area contributed by atoms with Crippen LogP contribution < -0.4 is 15.5 Å². The molecule has 1 fully saturated rings. The van der Waals surface area contributed by atoms with Crippen LogP contribution in [0.2, 0.25) is 0 Å². The average molecular weight is 445 g/mol. The molecule has 0 atom stereocenters. The van der Waals surface area contributed by atoms with Gasteiger partial charge in [0.15, 0.2) is 5.65 Å². The van der Waals surface area contributed by atoms with Crippen LogP contribution in [0.1, 0.15) is 10.5 Å². The zero-order valence-electron chi connectivity index (χ0n) is 17.8. The van der Waals surface area contributed by atoms with Gasteiger partial charge in [-0.15, -0.1) is 11.8 Å². The van der Waals surface area contributed by atoms with Gasteiger partial charge in [-0.3, -0.25) is 4.79 Å². The third kappa shape index (κ3) is 4.19. The number of hydrogen-bond donors (Lipinski definition) is 2. The van der Waals surface area contributed by atoms with Crippen molar-refractivity contribution >= 4 is 34.7 Å². The predicted molar refractivity (Wildman–Crippen MR) is 130 cm³/mol. The normalized spacial score (nSPS) is 14.0. The van der Waals surface area contributed by atoms with Gasteiger partial charge in [-0.25, -0.2) is 9.50 Å². The molecule has 32 heavy (non-hydrogen) atoms. The number of piperazine rings is 1. The van der Waals surface area contributed by atoms with Crippen molar-refractivity contribution < 1.29 is 4.79 Å². The molecule has 1 aliphatic rings. The summed E-state index contributed by atoms with van der Waals surface area (Å²) >= 11 is 1.70. The Labute approximate surface area is 190 Å². The topological polar surface area (TPSA) is 74.6 Å². The summed E-state index contributed by atoms with van der Waals surface area (Å²) in [5.41, 5.74) is 4.84. The highest BCUT2D eigenvalue weighted by molar-refractivity contribution is 7.98. The Bertz CT molecular complexity index is 1230. The summed E-state index contributed by atoms with van der Waals surface area (Å²) in [5, 5.41) is 10.7. The van der Waals surface area contributed by atoms with Gasteiger partial charge in [0, 0.05) is 54.2 Å². The molecule has 162 valence electrons. The monoisotopic (exact) mass is 444 g/mol. The molecule has 1 saturated heterocycles. The number of nitrogens with one attached hydrogen (secondary N) is 2. The first kappa shape index (κ1) is 20.5. The number of hydrogen-bond acceptors (Lipinski definition) is 6. The summed E-state index contributed by atoms with van der Waals surface area (Å²) in [6.45, 7) is 3.96. The second kappa shape index (κ2) is 9.02. The largest absolute Gasteiger partial charge is 0.369 e. The van der Waals surface area contributed by atoms with Gasteiger partial charge in [-0.1, -0.05) is 12.1 Å². The Morgan fingerprint density at radius 1 is 1.03 bits per heavy atom. The summed E-state index contributed by atoms with van der Waals surface area (Å²) in [6, 6.07) is 17.9. The highest BCUT2D eigenvalue weighted by Gasteiger charge is 2.14. The van der Waals surface area contributed by atoms with E-state index in [-0.39, 0.29) is 5.91 Å². The van der Waals surface area contributed by atoms with Crippen LogP contribution in [0.5, 0.6) is 0 Å². The van der Waals surface area contributed by atoms with Gasteiger partial charge in [0.2, 0.25) is 0 Å². The van der Waals surface area contributed by atoms with Crippen molar-refractivity contribution in [3.8, 4) is 11.1 Å². The molecule has 0 unspecified atom stereocenters. The molecule has 3 heterocycles. The maximum absolute atomic E-state index is 12.9. The zero-order valence-corrected chi connectivity index (χ0v) is 18.6. The molecule has 4 aromatic rings. The van der Waals surface area contributed by atoms with E-state index in [0.29, 0.717) is 11.3 Å². The van der Waals surface area contributed by atoms with Gasteiger partial charge in [-0.2, -0.15) is 5.10 Å². The molecular weight excluding hydrogens is 420 g/mol. The molecule has 2 aromatic carbocycles. The van der Waals surface area contributed by atoms with Crippen LogP contribution in [0, 0.1) is 0 Å². The molecule has 1 amide bonds. The van der Waals surface area contributed by atoms with Crippen molar-refractivity contribution in [1.29, 1.82) is 0 Å². The number of amides is 1. The SMILES string of the molecule is CSc1ccc(-c2cnn3ccc(C(=O)Nc4ccc(N5CCNCC5)cc4)nc23)cc1. The highest BCUT2D eigenvalue weighted by atomic mass is 32.2. The lowest BCUT2D eigenvalue weighted by molar-refractivity contribution is 0.102. The fraction of sp³-hybridized carbons (Fsp3) is 0.208. The standard InChI is InChI=1S/C24H24N6OS/c1-32-20-8-2-17(3-9-20)21-16-26-30-13-10-22(28-23(21)30)24(31)27-18-4-6-19(7-5-18)29-14-11-25-12-15-29/h2-10,13,16,25H,11-12,14-15H2,1H3,(H,27,31). The van der Waals surface area contributed by atoms with Crippen molar-refractivity contribution in [3.63, 3.8) is 0 Å². The van der Waals surface area contributed by atoms with E-state index in [9.17, 15) is 4.79 Å². The lowest BCUT2D eigenvalue weighted by Crippen LogP contribution is -2.43. The van der Waals surface area contributed by atoms with Crippen LogP contribution in [0.15, 0.2) is 71.9 Å². The van der Waals surface area contributed by atoms with Crippen molar-refractivity contribution in [3.05, 3.63) is 72.7 Å². The van der Waals surface area contributed by atoms with Crippen molar-refractivity contribution in [1.82, 2.24) is 19.9 Å². The Balaban J connectivity index is 1.35. The zero-order chi connectivity index (χ0) is 21.9. The van der Waals surface area contributed by atoms with E-state index in [4.69, 9.17) is 0 Å². The number of anilines is 2. The Morgan fingerprint density at radius 2 is 1.78 bits per heavy atom. The van der Waals surface area contributed by atoms with E-state index in [1.165, 1.54) is 10.6 Å². The van der Waals surface area contributed by atoms with Gasteiger partial charge in [0.1, 0.15) is 5.69 Å².